The van der Waals surface area contributed by atoms with Crippen LogP contribution >= 0.6 is 0 Å². The van der Waals surface area contributed by atoms with Gasteiger partial charge in [-0.05, 0) is 43.0 Å². The lowest BCUT2D eigenvalue weighted by atomic mass is 10.0. The highest BCUT2D eigenvalue weighted by Crippen LogP contribution is 2.32. The Kier molecular flexibility index (Phi) is 4.40. The zero-order chi connectivity index (χ0) is 18.1. The van der Waals surface area contributed by atoms with Crippen molar-refractivity contribution in [3.05, 3.63) is 53.9 Å². The van der Waals surface area contributed by atoms with Gasteiger partial charge in [0.25, 0.3) is 5.91 Å². The Morgan fingerprint density at radius 2 is 2.04 bits per heavy atom. The molecule has 6 nitrogen and oxygen atoms in total. The summed E-state index contributed by atoms with van der Waals surface area (Å²) in [6, 6.07) is 11.6. The number of sulfone groups is 1. The Morgan fingerprint density at radius 1 is 1.19 bits per heavy atom. The van der Waals surface area contributed by atoms with Crippen LogP contribution in [0.1, 0.15) is 28.9 Å². The van der Waals surface area contributed by atoms with Gasteiger partial charge in [-0.3, -0.25) is 4.79 Å². The van der Waals surface area contributed by atoms with Crippen molar-refractivity contribution in [3.63, 3.8) is 0 Å². The zero-order valence-electron chi connectivity index (χ0n) is 14.4. The summed E-state index contributed by atoms with van der Waals surface area (Å²) in [7, 11) is -3.01. The van der Waals surface area contributed by atoms with Gasteiger partial charge in [0.05, 0.1) is 23.4 Å². The van der Waals surface area contributed by atoms with Crippen LogP contribution in [-0.2, 0) is 16.3 Å². The molecule has 2 aliphatic heterocycles. The summed E-state index contributed by atoms with van der Waals surface area (Å²) in [5.41, 5.74) is 3.78. The minimum Gasteiger partial charge on any atom is -0.347 e. The van der Waals surface area contributed by atoms with E-state index >= 15 is 0 Å². The highest BCUT2D eigenvalue weighted by molar-refractivity contribution is 7.91. The van der Waals surface area contributed by atoms with Crippen molar-refractivity contribution in [2.45, 2.75) is 25.3 Å². The average molecular weight is 371 g/mol. The number of amides is 1. The van der Waals surface area contributed by atoms with E-state index < -0.39 is 9.84 Å². The van der Waals surface area contributed by atoms with Gasteiger partial charge >= 0.3 is 0 Å². The van der Waals surface area contributed by atoms with Gasteiger partial charge < -0.3 is 10.2 Å². The highest BCUT2D eigenvalue weighted by atomic mass is 32.2. The number of fused-ring (bicyclic) bond motifs is 1. The van der Waals surface area contributed by atoms with Gasteiger partial charge in [-0.25, -0.2) is 13.4 Å². The summed E-state index contributed by atoms with van der Waals surface area (Å²) >= 11 is 0. The zero-order valence-corrected chi connectivity index (χ0v) is 15.2. The number of para-hydroxylation sites is 1. The first-order valence-corrected chi connectivity index (χ1v) is 10.7. The molecule has 0 radical (unpaired) electrons. The molecule has 1 N–H and O–H groups in total. The maximum atomic E-state index is 12.3. The second-order valence-electron chi connectivity index (χ2n) is 6.86. The summed E-state index contributed by atoms with van der Waals surface area (Å²) in [6.45, 7) is 0.921. The lowest BCUT2D eigenvalue weighted by molar-refractivity contribution is 0.0936. The molecule has 136 valence electrons. The number of carbonyl (C=O) groups is 1. The Bertz CT molecular complexity index is 925. The minimum atomic E-state index is -3.01. The summed E-state index contributed by atoms with van der Waals surface area (Å²) < 4.78 is 23.0. The van der Waals surface area contributed by atoms with Crippen molar-refractivity contribution in [2.75, 3.05) is 23.0 Å². The number of anilines is 2. The van der Waals surface area contributed by atoms with E-state index in [1.807, 2.05) is 12.1 Å². The fourth-order valence-corrected chi connectivity index (χ4v) is 5.32. The van der Waals surface area contributed by atoms with E-state index in [4.69, 9.17) is 0 Å². The predicted octanol–water partition coefficient (Wildman–Crippen LogP) is 2.08. The maximum Gasteiger partial charge on any atom is 0.270 e. The van der Waals surface area contributed by atoms with E-state index in [1.54, 1.807) is 12.3 Å². The molecule has 1 amide bonds. The average Bonchev–Trinajstić information content (AvgIpc) is 2.99. The third kappa shape index (κ3) is 3.44. The number of hydrogen-bond acceptors (Lipinski definition) is 5. The maximum absolute atomic E-state index is 12.3. The van der Waals surface area contributed by atoms with Gasteiger partial charge in [-0.1, -0.05) is 18.2 Å². The number of benzene rings is 1. The van der Waals surface area contributed by atoms with Crippen LogP contribution in [0.3, 0.4) is 0 Å². The molecule has 0 aliphatic carbocycles. The standard InChI is InChI=1S/C19H21N3O3S/c23-19(21-15-9-11-26(24,25)13-15)17-8-7-16(12-20-17)22-10-3-5-14-4-1-2-6-18(14)22/h1-2,4,6-8,12,15H,3,5,9-11,13H2,(H,21,23). The van der Waals surface area contributed by atoms with Crippen molar-refractivity contribution in [1.82, 2.24) is 10.3 Å². The number of carbonyl (C=O) groups excluding carboxylic acids is 1. The monoisotopic (exact) mass is 371 g/mol. The van der Waals surface area contributed by atoms with Crippen LogP contribution in [0.5, 0.6) is 0 Å². The number of aryl methyl sites for hydroxylation is 1. The molecule has 2 aliphatic rings. The van der Waals surface area contributed by atoms with Crippen molar-refractivity contribution < 1.29 is 13.2 Å². The quantitative estimate of drug-likeness (QED) is 0.894. The van der Waals surface area contributed by atoms with Crippen molar-refractivity contribution in [2.24, 2.45) is 0 Å². The number of nitrogens with one attached hydrogen (secondary N) is 1. The van der Waals surface area contributed by atoms with Crippen LogP contribution in [0.25, 0.3) is 0 Å². The minimum absolute atomic E-state index is 0.0153. The van der Waals surface area contributed by atoms with Crippen molar-refractivity contribution in [3.8, 4) is 0 Å². The first kappa shape index (κ1) is 17.0. The lowest BCUT2D eigenvalue weighted by Gasteiger charge is -2.31. The van der Waals surface area contributed by atoms with E-state index in [-0.39, 0.29) is 23.5 Å². The fraction of sp³-hybridized carbons (Fsp3) is 0.368. The third-order valence-electron chi connectivity index (χ3n) is 4.97. The van der Waals surface area contributed by atoms with E-state index in [2.05, 4.69) is 33.4 Å². The molecule has 1 aromatic carbocycles. The van der Waals surface area contributed by atoms with Gasteiger partial charge in [0, 0.05) is 18.3 Å². The fourth-order valence-electron chi connectivity index (χ4n) is 3.65. The summed E-state index contributed by atoms with van der Waals surface area (Å²) in [6.07, 6.45) is 4.33. The van der Waals surface area contributed by atoms with Gasteiger partial charge in [0.2, 0.25) is 0 Å². The van der Waals surface area contributed by atoms with Crippen LogP contribution in [0, 0.1) is 0 Å². The van der Waals surface area contributed by atoms with Crippen LogP contribution in [0.2, 0.25) is 0 Å². The first-order chi connectivity index (χ1) is 12.5. The van der Waals surface area contributed by atoms with Gasteiger partial charge in [-0.2, -0.15) is 0 Å². The molecular weight excluding hydrogens is 350 g/mol. The van der Waals surface area contributed by atoms with Crippen LogP contribution in [-0.4, -0.2) is 43.4 Å². The predicted molar refractivity (Wildman–Crippen MR) is 101 cm³/mol. The second-order valence-corrected chi connectivity index (χ2v) is 9.09. The second kappa shape index (κ2) is 6.72. The molecule has 3 heterocycles. The summed E-state index contributed by atoms with van der Waals surface area (Å²) in [5.74, 6) is -0.169. The number of nitrogens with zero attached hydrogens (tertiary/aromatic N) is 2. The van der Waals surface area contributed by atoms with Crippen molar-refractivity contribution in [1.29, 1.82) is 0 Å². The molecule has 1 fully saturated rings. The van der Waals surface area contributed by atoms with Crippen LogP contribution < -0.4 is 10.2 Å². The summed E-state index contributed by atoms with van der Waals surface area (Å²) in [5, 5.41) is 2.77. The molecule has 1 unspecified atom stereocenters. The Morgan fingerprint density at radius 3 is 2.77 bits per heavy atom. The van der Waals surface area contributed by atoms with Crippen LogP contribution in [0.15, 0.2) is 42.6 Å². The van der Waals surface area contributed by atoms with Gasteiger partial charge in [-0.15, -0.1) is 0 Å². The highest BCUT2D eigenvalue weighted by Gasteiger charge is 2.29. The summed E-state index contributed by atoms with van der Waals surface area (Å²) in [4.78, 5) is 18.8. The third-order valence-corrected chi connectivity index (χ3v) is 6.74. The topological polar surface area (TPSA) is 79.4 Å². The molecule has 7 heteroatoms. The number of pyridine rings is 1. The Hall–Kier alpha value is -2.41. The molecule has 0 saturated carbocycles. The molecule has 4 rings (SSSR count). The molecule has 1 saturated heterocycles. The first-order valence-electron chi connectivity index (χ1n) is 8.85. The van der Waals surface area contributed by atoms with E-state index in [0.717, 1.165) is 25.1 Å². The van der Waals surface area contributed by atoms with E-state index in [1.165, 1.54) is 11.3 Å². The van der Waals surface area contributed by atoms with Crippen molar-refractivity contribution >= 4 is 27.1 Å². The molecular formula is C19H21N3O3S. The number of aromatic nitrogens is 1. The normalized spacial score (nSPS) is 21.2. The SMILES string of the molecule is O=C(NC1CCS(=O)(=O)C1)c1ccc(N2CCCc3ccccc32)cn1. The smallest absolute Gasteiger partial charge is 0.270 e. The number of hydrogen-bond donors (Lipinski definition) is 1. The van der Waals surface area contributed by atoms with E-state index in [9.17, 15) is 13.2 Å². The van der Waals surface area contributed by atoms with Gasteiger partial charge in [0.15, 0.2) is 9.84 Å². The molecule has 0 bridgehead atoms. The Balaban J connectivity index is 1.48. The molecule has 2 aromatic rings. The number of rotatable bonds is 3. The largest absolute Gasteiger partial charge is 0.347 e. The van der Waals surface area contributed by atoms with Crippen LogP contribution in [0.4, 0.5) is 11.4 Å². The molecule has 1 aromatic heterocycles. The molecule has 0 spiro atoms. The molecule has 1 atom stereocenters. The molecule has 26 heavy (non-hydrogen) atoms. The lowest BCUT2D eigenvalue weighted by Crippen LogP contribution is -2.36. The Labute approximate surface area is 153 Å². The van der Waals surface area contributed by atoms with E-state index in [0.29, 0.717) is 12.1 Å². The van der Waals surface area contributed by atoms with Gasteiger partial charge in [0.1, 0.15) is 5.69 Å².